The maximum absolute atomic E-state index is 13.8. The summed E-state index contributed by atoms with van der Waals surface area (Å²) in [5.41, 5.74) is 1.35. The molecule has 34 heavy (non-hydrogen) atoms. The third kappa shape index (κ3) is 4.17. The quantitative estimate of drug-likeness (QED) is 0.357. The molecule has 4 rings (SSSR count). The Labute approximate surface area is 205 Å². The van der Waals surface area contributed by atoms with E-state index in [4.69, 9.17) is 14.5 Å². The van der Waals surface area contributed by atoms with Crippen molar-refractivity contribution in [2.24, 2.45) is 0 Å². The van der Waals surface area contributed by atoms with E-state index in [0.29, 0.717) is 43.9 Å². The number of nitrogens with zero attached hydrogens (tertiary/aromatic N) is 3. The van der Waals surface area contributed by atoms with Crippen molar-refractivity contribution in [1.29, 1.82) is 0 Å². The third-order valence-electron chi connectivity index (χ3n) is 5.79. The Morgan fingerprint density at radius 2 is 1.71 bits per heavy atom. The number of ether oxygens (including phenoxy) is 2. The zero-order valence-corrected chi connectivity index (χ0v) is 20.9. The van der Waals surface area contributed by atoms with Crippen LogP contribution >= 0.6 is 15.9 Å². The van der Waals surface area contributed by atoms with Gasteiger partial charge in [-0.25, -0.2) is 4.98 Å². The first-order valence-electron chi connectivity index (χ1n) is 10.6. The van der Waals surface area contributed by atoms with E-state index in [9.17, 15) is 9.59 Å². The lowest BCUT2D eigenvalue weighted by Crippen LogP contribution is -2.35. The Kier molecular flexibility index (Phi) is 6.70. The van der Waals surface area contributed by atoms with Crippen LogP contribution in [0.3, 0.4) is 0 Å². The summed E-state index contributed by atoms with van der Waals surface area (Å²) >= 11 is 3.58. The number of para-hydroxylation sites is 1. The normalized spacial score (nSPS) is 11.8. The van der Waals surface area contributed by atoms with Crippen LogP contribution in [0.5, 0.6) is 11.5 Å². The molecule has 1 amide bonds. The third-order valence-corrected chi connectivity index (χ3v) is 6.58. The van der Waals surface area contributed by atoms with Gasteiger partial charge in [0.15, 0.2) is 0 Å². The molecule has 3 aromatic carbocycles. The summed E-state index contributed by atoms with van der Waals surface area (Å²) in [6.45, 7) is 1.85. The van der Waals surface area contributed by atoms with Crippen molar-refractivity contribution >= 4 is 32.7 Å². The van der Waals surface area contributed by atoms with Gasteiger partial charge in [0, 0.05) is 24.7 Å². The van der Waals surface area contributed by atoms with Gasteiger partial charge in [0.25, 0.3) is 11.5 Å². The van der Waals surface area contributed by atoms with Gasteiger partial charge in [-0.3, -0.25) is 14.2 Å². The van der Waals surface area contributed by atoms with E-state index < -0.39 is 6.04 Å². The van der Waals surface area contributed by atoms with E-state index in [1.807, 2.05) is 31.2 Å². The lowest BCUT2D eigenvalue weighted by molar-refractivity contribution is 0.0735. The fourth-order valence-corrected chi connectivity index (χ4v) is 4.35. The number of methoxy groups -OCH3 is 2. The van der Waals surface area contributed by atoms with Crippen molar-refractivity contribution in [1.82, 2.24) is 14.5 Å². The van der Waals surface area contributed by atoms with Gasteiger partial charge in [0.1, 0.15) is 17.3 Å². The highest BCUT2D eigenvalue weighted by Crippen LogP contribution is 2.36. The Hall–Kier alpha value is -3.65. The first kappa shape index (κ1) is 23.5. The number of aromatic nitrogens is 2. The molecule has 1 heterocycles. The summed E-state index contributed by atoms with van der Waals surface area (Å²) in [6, 6.07) is 19.1. The van der Waals surface area contributed by atoms with Crippen LogP contribution in [0, 0.1) is 0 Å². The Bertz CT molecular complexity index is 1420. The van der Waals surface area contributed by atoms with Crippen LogP contribution in [0.4, 0.5) is 0 Å². The highest BCUT2D eigenvalue weighted by atomic mass is 79.9. The molecule has 174 valence electrons. The molecule has 0 radical (unpaired) electrons. The molecule has 0 N–H and O–H groups in total. The lowest BCUT2D eigenvalue weighted by atomic mass is 10.1. The SMILES string of the molecule is COc1cc(OC)c(Br)c(-n2c(C(C)N(C)C(=O)c3ccccc3)nc3ccccc3c2=O)c1. The number of hydrogen-bond acceptors (Lipinski definition) is 5. The first-order chi connectivity index (χ1) is 16.4. The highest BCUT2D eigenvalue weighted by molar-refractivity contribution is 9.10. The summed E-state index contributed by atoms with van der Waals surface area (Å²) in [5, 5.41) is 0.462. The van der Waals surface area contributed by atoms with Crippen LogP contribution in [0.15, 0.2) is 76.0 Å². The van der Waals surface area contributed by atoms with Crippen LogP contribution in [-0.4, -0.2) is 41.6 Å². The van der Waals surface area contributed by atoms with E-state index in [-0.39, 0.29) is 11.5 Å². The molecule has 0 aliphatic rings. The molecule has 0 bridgehead atoms. The number of benzene rings is 3. The number of carbonyl (C=O) groups excluding carboxylic acids is 1. The molecule has 1 aromatic heterocycles. The topological polar surface area (TPSA) is 73.7 Å². The zero-order chi connectivity index (χ0) is 24.4. The predicted octanol–water partition coefficient (Wildman–Crippen LogP) is 5.00. The number of fused-ring (bicyclic) bond motifs is 1. The van der Waals surface area contributed by atoms with Gasteiger partial charge in [0.05, 0.1) is 41.3 Å². The largest absolute Gasteiger partial charge is 0.497 e. The maximum Gasteiger partial charge on any atom is 0.266 e. The number of halogens is 1. The van der Waals surface area contributed by atoms with Gasteiger partial charge in [-0.1, -0.05) is 30.3 Å². The van der Waals surface area contributed by atoms with Crippen molar-refractivity contribution in [3.63, 3.8) is 0 Å². The van der Waals surface area contributed by atoms with E-state index in [2.05, 4.69) is 15.9 Å². The summed E-state index contributed by atoms with van der Waals surface area (Å²) in [6.07, 6.45) is 0. The number of rotatable bonds is 6. The summed E-state index contributed by atoms with van der Waals surface area (Å²) in [7, 11) is 4.79. The predicted molar refractivity (Wildman–Crippen MR) is 135 cm³/mol. The van der Waals surface area contributed by atoms with Gasteiger partial charge in [0.2, 0.25) is 0 Å². The van der Waals surface area contributed by atoms with Crippen LogP contribution in [0.25, 0.3) is 16.6 Å². The molecule has 0 fully saturated rings. The standard InChI is InChI=1S/C26H24BrN3O4/c1-16(29(2)25(31)17-10-6-5-7-11-17)24-28-20-13-9-8-12-19(20)26(32)30(24)21-14-18(33-3)15-22(34-4)23(21)27/h5-16H,1-4H3. The molecule has 0 spiro atoms. The molecular formula is C26H24BrN3O4. The van der Waals surface area contributed by atoms with Crippen molar-refractivity contribution in [2.45, 2.75) is 13.0 Å². The lowest BCUT2D eigenvalue weighted by Gasteiger charge is -2.27. The second-order valence-corrected chi connectivity index (χ2v) is 8.54. The van der Waals surface area contributed by atoms with Crippen molar-refractivity contribution in [3.05, 3.63) is 92.9 Å². The monoisotopic (exact) mass is 521 g/mol. The Balaban J connectivity index is 1.97. The van der Waals surface area contributed by atoms with Gasteiger partial charge in [-0.15, -0.1) is 0 Å². The van der Waals surface area contributed by atoms with Crippen LogP contribution in [0.1, 0.15) is 29.1 Å². The van der Waals surface area contributed by atoms with Crippen LogP contribution < -0.4 is 15.0 Å². The van der Waals surface area contributed by atoms with Crippen molar-refractivity contribution < 1.29 is 14.3 Å². The van der Waals surface area contributed by atoms with E-state index in [1.54, 1.807) is 68.6 Å². The minimum atomic E-state index is -0.533. The minimum absolute atomic E-state index is 0.177. The molecule has 1 unspecified atom stereocenters. The molecule has 0 aliphatic carbocycles. The molecule has 8 heteroatoms. The van der Waals surface area contributed by atoms with Gasteiger partial charge in [-0.05, 0) is 47.1 Å². The van der Waals surface area contributed by atoms with Crippen molar-refractivity contribution in [2.75, 3.05) is 21.3 Å². The second kappa shape index (κ2) is 9.69. The average Bonchev–Trinajstić information content (AvgIpc) is 2.88. The fraction of sp³-hybridized carbons (Fsp3) is 0.192. The molecule has 1 atom stereocenters. The summed E-state index contributed by atoms with van der Waals surface area (Å²) in [5.74, 6) is 1.25. The van der Waals surface area contributed by atoms with Gasteiger partial charge >= 0.3 is 0 Å². The summed E-state index contributed by atoms with van der Waals surface area (Å²) < 4.78 is 13.0. The van der Waals surface area contributed by atoms with E-state index in [1.165, 1.54) is 4.57 Å². The van der Waals surface area contributed by atoms with Gasteiger partial charge < -0.3 is 14.4 Å². The van der Waals surface area contributed by atoms with Crippen LogP contribution in [-0.2, 0) is 0 Å². The molecular weight excluding hydrogens is 498 g/mol. The Morgan fingerprint density at radius 3 is 2.38 bits per heavy atom. The van der Waals surface area contributed by atoms with E-state index in [0.717, 1.165) is 0 Å². The fourth-order valence-electron chi connectivity index (χ4n) is 3.78. The smallest absolute Gasteiger partial charge is 0.266 e. The molecule has 0 aliphatic heterocycles. The van der Waals surface area contributed by atoms with Crippen molar-refractivity contribution in [3.8, 4) is 17.2 Å². The number of carbonyl (C=O) groups is 1. The average molecular weight is 522 g/mol. The molecule has 0 saturated carbocycles. The number of hydrogen-bond donors (Lipinski definition) is 0. The van der Waals surface area contributed by atoms with E-state index >= 15 is 0 Å². The molecule has 0 saturated heterocycles. The van der Waals surface area contributed by atoms with Crippen LogP contribution in [0.2, 0.25) is 0 Å². The number of amides is 1. The summed E-state index contributed by atoms with van der Waals surface area (Å²) in [4.78, 5) is 33.4. The first-order valence-corrected chi connectivity index (χ1v) is 11.4. The Morgan fingerprint density at radius 1 is 1.03 bits per heavy atom. The highest BCUT2D eigenvalue weighted by Gasteiger charge is 2.26. The molecule has 7 nitrogen and oxygen atoms in total. The minimum Gasteiger partial charge on any atom is -0.497 e. The molecule has 4 aromatic rings. The van der Waals surface area contributed by atoms with Gasteiger partial charge in [-0.2, -0.15) is 0 Å². The zero-order valence-electron chi connectivity index (χ0n) is 19.3. The maximum atomic E-state index is 13.8. The second-order valence-electron chi connectivity index (χ2n) is 7.75.